The fourth-order valence-corrected chi connectivity index (χ4v) is 2.39. The predicted octanol–water partition coefficient (Wildman–Crippen LogP) is 2.41. The van der Waals surface area contributed by atoms with Crippen molar-refractivity contribution in [3.05, 3.63) is 0 Å². The molecule has 66 valence electrons. The van der Waals surface area contributed by atoms with Gasteiger partial charge in [0.2, 0.25) is 0 Å². The van der Waals surface area contributed by atoms with Gasteiger partial charge in [-0.25, -0.2) is 0 Å². The van der Waals surface area contributed by atoms with E-state index in [9.17, 15) is 0 Å². The lowest BCUT2D eigenvalue weighted by Gasteiger charge is -2.41. The van der Waals surface area contributed by atoms with Crippen molar-refractivity contribution in [1.82, 2.24) is 0 Å². The van der Waals surface area contributed by atoms with Crippen LogP contribution in [0.3, 0.4) is 0 Å². The average Bonchev–Trinajstić information content (AvgIpc) is 1.81. The summed E-state index contributed by atoms with van der Waals surface area (Å²) >= 11 is 0. The lowest BCUT2D eigenvalue weighted by atomic mass is 9.66. The van der Waals surface area contributed by atoms with Crippen molar-refractivity contribution >= 4 is 0 Å². The minimum atomic E-state index is 0.425. The van der Waals surface area contributed by atoms with E-state index in [-0.39, 0.29) is 0 Å². The Morgan fingerprint density at radius 1 is 1.18 bits per heavy atom. The van der Waals surface area contributed by atoms with Gasteiger partial charge in [0.25, 0.3) is 0 Å². The largest absolute Gasteiger partial charge is 0.327 e. The quantitative estimate of drug-likeness (QED) is 0.571. The second-order valence-corrected chi connectivity index (χ2v) is 5.07. The van der Waals surface area contributed by atoms with E-state index in [1.165, 1.54) is 12.8 Å². The van der Waals surface area contributed by atoms with E-state index >= 15 is 0 Å². The summed E-state index contributed by atoms with van der Waals surface area (Å²) in [6, 6.07) is 0.425. The van der Waals surface area contributed by atoms with Crippen molar-refractivity contribution < 1.29 is 0 Å². The maximum Gasteiger partial charge on any atom is 0.00721 e. The molecule has 1 aliphatic carbocycles. The molecule has 0 bridgehead atoms. The molecule has 0 aromatic carbocycles. The standard InChI is InChI=1S/C10H21N/c1-7-5-10(3,4)6-9(11)8(7)2/h7-9H,5-6,11H2,1-4H3. The van der Waals surface area contributed by atoms with E-state index in [1.807, 2.05) is 0 Å². The molecule has 0 saturated heterocycles. The van der Waals surface area contributed by atoms with E-state index in [0.717, 1.165) is 5.92 Å². The molecule has 0 spiro atoms. The van der Waals surface area contributed by atoms with Gasteiger partial charge >= 0.3 is 0 Å². The molecule has 0 amide bonds. The van der Waals surface area contributed by atoms with E-state index in [2.05, 4.69) is 27.7 Å². The van der Waals surface area contributed by atoms with Crippen molar-refractivity contribution in [2.24, 2.45) is 23.0 Å². The molecule has 0 radical (unpaired) electrons. The van der Waals surface area contributed by atoms with Gasteiger partial charge in [0.15, 0.2) is 0 Å². The Morgan fingerprint density at radius 3 is 2.18 bits per heavy atom. The highest BCUT2D eigenvalue weighted by molar-refractivity contribution is 4.88. The highest BCUT2D eigenvalue weighted by Gasteiger charge is 2.34. The summed E-state index contributed by atoms with van der Waals surface area (Å²) in [6.07, 6.45) is 2.53. The normalized spacial score (nSPS) is 43.9. The van der Waals surface area contributed by atoms with Gasteiger partial charge in [-0.15, -0.1) is 0 Å². The van der Waals surface area contributed by atoms with E-state index in [1.54, 1.807) is 0 Å². The monoisotopic (exact) mass is 155 g/mol. The summed E-state index contributed by atoms with van der Waals surface area (Å²) in [4.78, 5) is 0. The van der Waals surface area contributed by atoms with Crippen molar-refractivity contribution in [3.63, 3.8) is 0 Å². The molecular weight excluding hydrogens is 134 g/mol. The van der Waals surface area contributed by atoms with E-state index < -0.39 is 0 Å². The maximum absolute atomic E-state index is 6.04. The fourth-order valence-electron chi connectivity index (χ4n) is 2.39. The number of hydrogen-bond donors (Lipinski definition) is 1. The van der Waals surface area contributed by atoms with Crippen molar-refractivity contribution in [1.29, 1.82) is 0 Å². The van der Waals surface area contributed by atoms with Gasteiger partial charge < -0.3 is 5.73 Å². The van der Waals surface area contributed by atoms with Crippen LogP contribution in [-0.4, -0.2) is 6.04 Å². The van der Waals surface area contributed by atoms with Gasteiger partial charge in [0.05, 0.1) is 0 Å². The van der Waals surface area contributed by atoms with Crippen LogP contribution in [0.5, 0.6) is 0 Å². The van der Waals surface area contributed by atoms with Gasteiger partial charge in [0, 0.05) is 6.04 Å². The molecule has 0 aromatic heterocycles. The first kappa shape index (κ1) is 9.05. The minimum Gasteiger partial charge on any atom is -0.327 e. The van der Waals surface area contributed by atoms with Gasteiger partial charge in [-0.1, -0.05) is 27.7 Å². The molecule has 1 rings (SSSR count). The van der Waals surface area contributed by atoms with Crippen LogP contribution in [0.25, 0.3) is 0 Å². The zero-order valence-corrected chi connectivity index (χ0v) is 8.22. The topological polar surface area (TPSA) is 26.0 Å². The molecule has 1 fully saturated rings. The van der Waals surface area contributed by atoms with Crippen LogP contribution in [-0.2, 0) is 0 Å². The Balaban J connectivity index is 2.62. The Morgan fingerprint density at radius 2 is 1.73 bits per heavy atom. The number of nitrogens with two attached hydrogens (primary N) is 1. The first-order valence-corrected chi connectivity index (χ1v) is 4.68. The first-order valence-electron chi connectivity index (χ1n) is 4.68. The molecule has 11 heavy (non-hydrogen) atoms. The van der Waals surface area contributed by atoms with Gasteiger partial charge in [-0.05, 0) is 30.1 Å². The molecule has 0 aromatic rings. The molecular formula is C10H21N. The summed E-state index contributed by atoms with van der Waals surface area (Å²) in [6.45, 7) is 9.26. The van der Waals surface area contributed by atoms with E-state index in [4.69, 9.17) is 5.73 Å². The lowest BCUT2D eigenvalue weighted by molar-refractivity contribution is 0.116. The predicted molar refractivity (Wildman–Crippen MR) is 49.3 cm³/mol. The number of hydrogen-bond acceptors (Lipinski definition) is 1. The summed E-state index contributed by atoms with van der Waals surface area (Å²) in [5.74, 6) is 1.51. The molecule has 1 nitrogen and oxygen atoms in total. The second-order valence-electron chi connectivity index (χ2n) is 5.07. The summed E-state index contributed by atoms with van der Waals surface area (Å²) in [7, 11) is 0. The Bertz CT molecular complexity index is 126. The van der Waals surface area contributed by atoms with Crippen molar-refractivity contribution in [2.75, 3.05) is 0 Å². The molecule has 1 heteroatoms. The maximum atomic E-state index is 6.04. The highest BCUT2D eigenvalue weighted by Crippen LogP contribution is 2.40. The second kappa shape index (κ2) is 2.78. The highest BCUT2D eigenvalue weighted by atomic mass is 14.7. The van der Waals surface area contributed by atoms with E-state index in [0.29, 0.717) is 17.4 Å². The van der Waals surface area contributed by atoms with Crippen LogP contribution in [0.15, 0.2) is 0 Å². The summed E-state index contributed by atoms with van der Waals surface area (Å²) < 4.78 is 0. The molecule has 1 aliphatic rings. The minimum absolute atomic E-state index is 0.425. The number of rotatable bonds is 0. The third kappa shape index (κ3) is 1.96. The van der Waals surface area contributed by atoms with Crippen molar-refractivity contribution in [2.45, 2.75) is 46.6 Å². The van der Waals surface area contributed by atoms with Crippen LogP contribution in [0.4, 0.5) is 0 Å². The van der Waals surface area contributed by atoms with Crippen LogP contribution in [0.2, 0.25) is 0 Å². The Kier molecular flexibility index (Phi) is 2.29. The molecule has 1 saturated carbocycles. The molecule has 3 atom stereocenters. The Hall–Kier alpha value is -0.0400. The smallest absolute Gasteiger partial charge is 0.00721 e. The average molecular weight is 155 g/mol. The van der Waals surface area contributed by atoms with Crippen molar-refractivity contribution in [3.8, 4) is 0 Å². The lowest BCUT2D eigenvalue weighted by Crippen LogP contribution is -2.42. The van der Waals surface area contributed by atoms with Crippen LogP contribution >= 0.6 is 0 Å². The molecule has 0 aliphatic heterocycles. The zero-order valence-electron chi connectivity index (χ0n) is 8.22. The summed E-state index contributed by atoms with van der Waals surface area (Å²) in [5.41, 5.74) is 6.52. The van der Waals surface area contributed by atoms with Gasteiger partial charge in [0.1, 0.15) is 0 Å². The van der Waals surface area contributed by atoms with Crippen LogP contribution in [0, 0.1) is 17.3 Å². The third-order valence-corrected chi connectivity index (χ3v) is 3.24. The zero-order chi connectivity index (χ0) is 8.65. The van der Waals surface area contributed by atoms with Gasteiger partial charge in [-0.3, -0.25) is 0 Å². The molecule has 0 heterocycles. The van der Waals surface area contributed by atoms with Crippen LogP contribution < -0.4 is 5.73 Å². The first-order chi connectivity index (χ1) is 4.92. The molecule has 3 unspecified atom stereocenters. The Labute approximate surface area is 70.4 Å². The van der Waals surface area contributed by atoms with Gasteiger partial charge in [-0.2, -0.15) is 0 Å². The SMILES string of the molecule is CC1CC(C)(C)CC(N)C1C. The van der Waals surface area contributed by atoms with Crippen LogP contribution in [0.1, 0.15) is 40.5 Å². The fraction of sp³-hybridized carbons (Fsp3) is 1.00. The third-order valence-electron chi connectivity index (χ3n) is 3.24. The summed E-state index contributed by atoms with van der Waals surface area (Å²) in [5, 5.41) is 0. The molecule has 2 N–H and O–H groups in total.